The quantitative estimate of drug-likeness (QED) is 0.303. The lowest BCUT2D eigenvalue weighted by Gasteiger charge is -2.13. The topological polar surface area (TPSA) is 126 Å². The molecule has 0 atom stereocenters. The maximum Gasteiger partial charge on any atom is 0.259 e. The van der Waals surface area contributed by atoms with Gasteiger partial charge in [0.05, 0.1) is 12.7 Å². The van der Waals surface area contributed by atoms with Crippen molar-refractivity contribution < 1.29 is 19.4 Å². The number of hydrogen-bond acceptors (Lipinski definition) is 6. The number of nitrogens with zero attached hydrogens (tertiary/aromatic N) is 2. The van der Waals surface area contributed by atoms with E-state index in [2.05, 4.69) is 15.5 Å². The van der Waals surface area contributed by atoms with Gasteiger partial charge in [0.1, 0.15) is 17.1 Å². The van der Waals surface area contributed by atoms with Gasteiger partial charge in [-0.15, -0.1) is 10.2 Å². The summed E-state index contributed by atoms with van der Waals surface area (Å²) >= 11 is 0. The van der Waals surface area contributed by atoms with Gasteiger partial charge in [-0.05, 0) is 55.1 Å². The van der Waals surface area contributed by atoms with Crippen LogP contribution in [0.15, 0.2) is 77.0 Å². The van der Waals surface area contributed by atoms with E-state index in [1.165, 1.54) is 19.2 Å². The zero-order chi connectivity index (χ0) is 25.1. The highest BCUT2D eigenvalue weighted by Gasteiger charge is 2.19. The van der Waals surface area contributed by atoms with Crippen molar-refractivity contribution in [1.82, 2.24) is 0 Å². The van der Waals surface area contributed by atoms with Crippen molar-refractivity contribution in [3.63, 3.8) is 0 Å². The number of azo groups is 1. The Bertz CT molecular complexity index is 1490. The molecule has 0 saturated carbocycles. The molecule has 8 nitrogen and oxygen atoms in total. The molecule has 35 heavy (non-hydrogen) atoms. The van der Waals surface area contributed by atoms with Crippen LogP contribution in [0.2, 0.25) is 0 Å². The predicted octanol–water partition coefficient (Wildman–Crippen LogP) is 5.94. The molecule has 4 N–H and O–H groups in total. The molecule has 0 saturated heterocycles. The van der Waals surface area contributed by atoms with Gasteiger partial charge < -0.3 is 20.9 Å². The fourth-order valence-electron chi connectivity index (χ4n) is 3.76. The van der Waals surface area contributed by atoms with Crippen molar-refractivity contribution in [3.8, 4) is 11.5 Å². The Balaban J connectivity index is 1.80. The second-order valence-corrected chi connectivity index (χ2v) is 8.07. The lowest BCUT2D eigenvalue weighted by molar-refractivity contribution is 0.0997. The Labute approximate surface area is 202 Å². The molecular formula is C27H24N4O4. The van der Waals surface area contributed by atoms with Crippen LogP contribution in [0, 0.1) is 13.8 Å². The van der Waals surface area contributed by atoms with Crippen molar-refractivity contribution in [2.75, 3.05) is 12.4 Å². The van der Waals surface area contributed by atoms with Gasteiger partial charge in [-0.2, -0.15) is 0 Å². The zero-order valence-corrected chi connectivity index (χ0v) is 19.5. The highest BCUT2D eigenvalue weighted by Crippen LogP contribution is 2.40. The van der Waals surface area contributed by atoms with Gasteiger partial charge in [0, 0.05) is 16.6 Å². The van der Waals surface area contributed by atoms with Gasteiger partial charge in [-0.1, -0.05) is 42.0 Å². The molecule has 0 spiro atoms. The molecule has 0 heterocycles. The summed E-state index contributed by atoms with van der Waals surface area (Å²) in [4.78, 5) is 24.7. The van der Waals surface area contributed by atoms with Crippen molar-refractivity contribution in [2.45, 2.75) is 13.8 Å². The van der Waals surface area contributed by atoms with Crippen molar-refractivity contribution in [1.29, 1.82) is 0 Å². The zero-order valence-electron chi connectivity index (χ0n) is 19.5. The highest BCUT2D eigenvalue weighted by molar-refractivity contribution is 6.12. The molecule has 0 radical (unpaired) electrons. The van der Waals surface area contributed by atoms with Crippen LogP contribution in [0.4, 0.5) is 17.1 Å². The van der Waals surface area contributed by atoms with Crippen molar-refractivity contribution >= 4 is 39.6 Å². The number of hydrogen-bond donors (Lipinski definition) is 3. The number of carbonyl (C=O) groups excluding carboxylic acids is 2. The number of primary amides is 1. The van der Waals surface area contributed by atoms with Gasteiger partial charge in [-0.3, -0.25) is 9.59 Å². The van der Waals surface area contributed by atoms with Crippen LogP contribution in [-0.4, -0.2) is 24.0 Å². The monoisotopic (exact) mass is 468 g/mol. The van der Waals surface area contributed by atoms with Crippen molar-refractivity contribution in [2.24, 2.45) is 16.0 Å². The van der Waals surface area contributed by atoms with Gasteiger partial charge in [0.25, 0.3) is 5.91 Å². The summed E-state index contributed by atoms with van der Waals surface area (Å²) in [5.74, 6) is -1.06. The number of benzene rings is 4. The third kappa shape index (κ3) is 4.81. The Hall–Kier alpha value is -4.72. The molecule has 0 unspecified atom stereocenters. The van der Waals surface area contributed by atoms with Crippen molar-refractivity contribution in [3.05, 3.63) is 89.0 Å². The molecule has 8 heteroatoms. The van der Waals surface area contributed by atoms with Crippen LogP contribution < -0.4 is 15.8 Å². The molecule has 2 amide bonds. The molecule has 0 fully saturated rings. The van der Waals surface area contributed by atoms with E-state index in [4.69, 9.17) is 10.5 Å². The normalized spacial score (nSPS) is 11.1. The average Bonchev–Trinajstić information content (AvgIpc) is 2.84. The summed E-state index contributed by atoms with van der Waals surface area (Å²) < 4.78 is 5.30. The molecule has 0 aromatic heterocycles. The molecular weight excluding hydrogens is 444 g/mol. The summed E-state index contributed by atoms with van der Waals surface area (Å²) in [7, 11) is 1.46. The maximum atomic E-state index is 13.1. The predicted molar refractivity (Wildman–Crippen MR) is 135 cm³/mol. The minimum Gasteiger partial charge on any atom is -0.505 e. The largest absolute Gasteiger partial charge is 0.505 e. The van der Waals surface area contributed by atoms with Crippen LogP contribution in [0.5, 0.6) is 11.5 Å². The van der Waals surface area contributed by atoms with Crippen LogP contribution in [0.1, 0.15) is 31.8 Å². The number of carbonyl (C=O) groups is 2. The number of methoxy groups -OCH3 is 1. The van der Waals surface area contributed by atoms with E-state index in [0.29, 0.717) is 22.2 Å². The fourth-order valence-corrected chi connectivity index (χ4v) is 3.76. The SMILES string of the molecule is COc1ccc(C(N)=O)cc1/N=N/c1c(O)c(C(=O)Nc2ccc(C)cc2C)cc2ccccc12. The number of nitrogens with one attached hydrogen (secondary N) is 1. The van der Waals surface area contributed by atoms with E-state index >= 15 is 0 Å². The van der Waals surface area contributed by atoms with Gasteiger partial charge in [-0.25, -0.2) is 0 Å². The number of aromatic hydroxyl groups is 1. The summed E-state index contributed by atoms with van der Waals surface area (Å²) in [6, 6.07) is 19.0. The summed E-state index contributed by atoms with van der Waals surface area (Å²) in [6.45, 7) is 3.87. The highest BCUT2D eigenvalue weighted by atomic mass is 16.5. The van der Waals surface area contributed by atoms with Gasteiger partial charge >= 0.3 is 0 Å². The van der Waals surface area contributed by atoms with Crippen LogP contribution in [-0.2, 0) is 0 Å². The van der Waals surface area contributed by atoms with Gasteiger partial charge in [0.2, 0.25) is 5.91 Å². The summed E-state index contributed by atoms with van der Waals surface area (Å²) in [6.07, 6.45) is 0. The molecule has 176 valence electrons. The van der Waals surface area contributed by atoms with Crippen LogP contribution in [0.3, 0.4) is 0 Å². The Morgan fingerprint density at radius 3 is 2.46 bits per heavy atom. The van der Waals surface area contributed by atoms with E-state index in [0.717, 1.165) is 11.1 Å². The standard InChI is InChI=1S/C27H24N4O4/c1-15-8-10-21(16(2)12-15)29-27(34)20-13-17-6-4-5-7-19(17)24(25(20)32)31-30-22-14-18(26(28)33)9-11-23(22)35-3/h4-14,32H,1-3H3,(H2,28,33)(H,29,34)/b31-30+. The lowest BCUT2D eigenvalue weighted by atomic mass is 10.0. The number of fused-ring (bicyclic) bond motifs is 1. The molecule has 4 aromatic carbocycles. The van der Waals surface area contributed by atoms with E-state index in [9.17, 15) is 14.7 Å². The lowest BCUT2D eigenvalue weighted by Crippen LogP contribution is -2.13. The third-order valence-electron chi connectivity index (χ3n) is 5.59. The van der Waals surface area contributed by atoms with E-state index in [-0.39, 0.29) is 28.3 Å². The number of rotatable bonds is 6. The fraction of sp³-hybridized carbons (Fsp3) is 0.111. The van der Waals surface area contributed by atoms with E-state index < -0.39 is 11.8 Å². The molecule has 0 aliphatic carbocycles. The Kier molecular flexibility index (Phi) is 6.46. The molecule has 0 aliphatic heterocycles. The first-order valence-electron chi connectivity index (χ1n) is 10.8. The first-order valence-corrected chi connectivity index (χ1v) is 10.8. The molecule has 0 bridgehead atoms. The molecule has 0 aliphatic rings. The minimum atomic E-state index is -0.623. The number of phenolic OH excluding ortho intramolecular Hbond substituents is 1. The molecule has 4 aromatic rings. The smallest absolute Gasteiger partial charge is 0.259 e. The van der Waals surface area contributed by atoms with Gasteiger partial charge in [0.15, 0.2) is 5.75 Å². The average molecular weight is 469 g/mol. The Morgan fingerprint density at radius 1 is 0.971 bits per heavy atom. The number of aryl methyl sites for hydroxylation is 2. The number of nitrogens with two attached hydrogens (primary N) is 1. The first-order chi connectivity index (χ1) is 16.8. The van der Waals surface area contributed by atoms with Crippen LogP contribution >= 0.6 is 0 Å². The van der Waals surface area contributed by atoms with E-state index in [1.807, 2.05) is 44.2 Å². The summed E-state index contributed by atoms with van der Waals surface area (Å²) in [5, 5.41) is 23.7. The number of ether oxygens (including phenoxy) is 1. The first kappa shape index (κ1) is 23.4. The number of anilines is 1. The number of amides is 2. The second kappa shape index (κ2) is 9.64. The maximum absolute atomic E-state index is 13.1. The molecule has 4 rings (SSSR count). The van der Waals surface area contributed by atoms with E-state index in [1.54, 1.807) is 24.3 Å². The third-order valence-corrected chi connectivity index (χ3v) is 5.59. The minimum absolute atomic E-state index is 0.0514. The summed E-state index contributed by atoms with van der Waals surface area (Å²) in [5.41, 5.74) is 8.64. The number of phenols is 1. The second-order valence-electron chi connectivity index (χ2n) is 8.07. The Morgan fingerprint density at radius 2 is 1.74 bits per heavy atom. The van der Waals surface area contributed by atoms with Crippen LogP contribution in [0.25, 0.3) is 10.8 Å².